The van der Waals surface area contributed by atoms with Crippen molar-refractivity contribution in [2.45, 2.75) is 55.8 Å². The summed E-state index contributed by atoms with van der Waals surface area (Å²) in [5.74, 6) is 0.482. The molecule has 2 aromatic heterocycles. The largest absolute Gasteiger partial charge is 0.490 e. The quantitative estimate of drug-likeness (QED) is 0.622. The molecule has 0 N–H and O–H groups in total. The number of carbonyl (C=O) groups is 1. The van der Waals surface area contributed by atoms with Crippen LogP contribution >= 0.6 is 11.8 Å². The molecule has 1 aliphatic carbocycles. The van der Waals surface area contributed by atoms with Crippen molar-refractivity contribution in [3.63, 3.8) is 0 Å². The molecule has 5 rings (SSSR count). The normalized spacial score (nSPS) is 16.9. The molecule has 0 saturated heterocycles. The first-order chi connectivity index (χ1) is 15.1. The lowest BCUT2D eigenvalue weighted by Gasteiger charge is -2.29. The third-order valence-electron chi connectivity index (χ3n) is 5.82. The van der Waals surface area contributed by atoms with Gasteiger partial charge in [0, 0.05) is 5.25 Å². The molecule has 8 nitrogen and oxygen atoms in total. The fraction of sp³-hybridized carbons (Fsp3) is 0.455. The molecule has 0 unspecified atom stereocenters. The van der Waals surface area contributed by atoms with Crippen molar-refractivity contribution < 1.29 is 9.53 Å². The van der Waals surface area contributed by atoms with Crippen LogP contribution in [0.1, 0.15) is 37.7 Å². The number of hydrogen-bond acceptors (Lipinski definition) is 6. The van der Waals surface area contributed by atoms with Crippen molar-refractivity contribution in [2.75, 3.05) is 18.1 Å². The standard InChI is InChI=1S/C22H25N5O3S/c1-15-7-8-18-17(13-15)25(11-12-30-18)21(28)14-26-22(29)27-19(23-26)9-10-20(24-27)31-16-5-3-2-4-6-16/h7-10,13,16H,2-6,11-12,14H2,1H3. The second-order valence-corrected chi connectivity index (χ2v) is 9.45. The highest BCUT2D eigenvalue weighted by Gasteiger charge is 2.25. The van der Waals surface area contributed by atoms with Gasteiger partial charge in [0.2, 0.25) is 5.91 Å². The Morgan fingerprint density at radius 3 is 2.84 bits per heavy atom. The number of benzene rings is 1. The fourth-order valence-electron chi connectivity index (χ4n) is 4.21. The highest BCUT2D eigenvalue weighted by Crippen LogP contribution is 2.33. The molecule has 1 aromatic carbocycles. The number of thioether (sulfide) groups is 1. The molecule has 0 atom stereocenters. The summed E-state index contributed by atoms with van der Waals surface area (Å²) in [6, 6.07) is 9.46. The molecule has 0 spiro atoms. The molecule has 1 saturated carbocycles. The van der Waals surface area contributed by atoms with Crippen LogP contribution < -0.4 is 15.3 Å². The maximum atomic E-state index is 13.0. The zero-order chi connectivity index (χ0) is 21.4. The van der Waals surface area contributed by atoms with Gasteiger partial charge >= 0.3 is 5.69 Å². The lowest BCUT2D eigenvalue weighted by molar-refractivity contribution is -0.119. The average molecular weight is 440 g/mol. The van der Waals surface area contributed by atoms with Crippen molar-refractivity contribution in [2.24, 2.45) is 0 Å². The smallest absolute Gasteiger partial charge is 0.367 e. The van der Waals surface area contributed by atoms with Gasteiger partial charge < -0.3 is 9.64 Å². The predicted octanol–water partition coefficient (Wildman–Crippen LogP) is 3.05. The zero-order valence-electron chi connectivity index (χ0n) is 17.5. The first-order valence-corrected chi connectivity index (χ1v) is 11.6. The summed E-state index contributed by atoms with van der Waals surface area (Å²) in [5.41, 5.74) is 1.83. The number of fused-ring (bicyclic) bond motifs is 2. The molecule has 1 amide bonds. The van der Waals surface area contributed by atoms with Gasteiger partial charge in [-0.05, 0) is 49.6 Å². The van der Waals surface area contributed by atoms with Crippen LogP contribution in [-0.4, -0.2) is 43.7 Å². The van der Waals surface area contributed by atoms with Gasteiger partial charge in [0.25, 0.3) is 0 Å². The van der Waals surface area contributed by atoms with Crippen LogP contribution in [0.5, 0.6) is 5.75 Å². The Morgan fingerprint density at radius 1 is 1.16 bits per heavy atom. The molecule has 31 heavy (non-hydrogen) atoms. The topological polar surface area (TPSA) is 81.7 Å². The van der Waals surface area contributed by atoms with Crippen LogP contribution in [0.25, 0.3) is 5.65 Å². The van der Waals surface area contributed by atoms with Gasteiger partial charge in [-0.3, -0.25) is 4.79 Å². The number of amides is 1. The van der Waals surface area contributed by atoms with E-state index >= 15 is 0 Å². The molecular weight excluding hydrogens is 414 g/mol. The molecule has 1 aliphatic heterocycles. The molecule has 1 fully saturated rings. The van der Waals surface area contributed by atoms with E-state index in [4.69, 9.17) is 4.74 Å². The van der Waals surface area contributed by atoms with E-state index in [-0.39, 0.29) is 12.5 Å². The number of nitrogens with zero attached hydrogens (tertiary/aromatic N) is 5. The number of carbonyl (C=O) groups excluding carboxylic acids is 1. The molecular formula is C22H25N5O3S. The highest BCUT2D eigenvalue weighted by atomic mass is 32.2. The Labute approximate surface area is 184 Å². The van der Waals surface area contributed by atoms with Crippen LogP contribution in [0.2, 0.25) is 0 Å². The minimum atomic E-state index is -0.396. The first kappa shape index (κ1) is 20.1. The first-order valence-electron chi connectivity index (χ1n) is 10.8. The molecule has 3 aromatic rings. The summed E-state index contributed by atoms with van der Waals surface area (Å²) in [6.07, 6.45) is 6.19. The van der Waals surface area contributed by atoms with E-state index in [1.54, 1.807) is 22.7 Å². The van der Waals surface area contributed by atoms with Crippen molar-refractivity contribution >= 4 is 29.0 Å². The van der Waals surface area contributed by atoms with E-state index in [9.17, 15) is 9.59 Å². The van der Waals surface area contributed by atoms with Crippen LogP contribution in [0.4, 0.5) is 5.69 Å². The predicted molar refractivity (Wildman–Crippen MR) is 119 cm³/mol. The Bertz CT molecular complexity index is 1180. The zero-order valence-corrected chi connectivity index (χ0v) is 18.3. The maximum Gasteiger partial charge on any atom is 0.367 e. The average Bonchev–Trinajstić information content (AvgIpc) is 3.09. The lowest BCUT2D eigenvalue weighted by Crippen LogP contribution is -2.41. The summed E-state index contributed by atoms with van der Waals surface area (Å²) in [5, 5.41) is 10.2. The summed E-state index contributed by atoms with van der Waals surface area (Å²) in [7, 11) is 0. The minimum Gasteiger partial charge on any atom is -0.490 e. The Balaban J connectivity index is 1.37. The summed E-state index contributed by atoms with van der Waals surface area (Å²) >= 11 is 1.73. The number of rotatable bonds is 4. The fourth-order valence-corrected chi connectivity index (χ4v) is 5.40. The molecule has 9 heteroatoms. The van der Waals surface area contributed by atoms with Crippen molar-refractivity contribution in [3.8, 4) is 5.75 Å². The molecule has 162 valence electrons. The van der Waals surface area contributed by atoms with Crippen molar-refractivity contribution in [1.82, 2.24) is 19.4 Å². The Morgan fingerprint density at radius 2 is 2.00 bits per heavy atom. The summed E-state index contributed by atoms with van der Waals surface area (Å²) in [4.78, 5) is 27.6. The SMILES string of the molecule is Cc1ccc2c(c1)N(C(=O)Cn1nc3ccc(SC4CCCCC4)nn3c1=O)CCO2. The van der Waals surface area contributed by atoms with Gasteiger partial charge in [-0.15, -0.1) is 16.9 Å². The van der Waals surface area contributed by atoms with Gasteiger partial charge in [-0.2, -0.15) is 9.61 Å². The maximum absolute atomic E-state index is 13.0. The number of aromatic nitrogens is 4. The van der Waals surface area contributed by atoms with Crippen LogP contribution in [0, 0.1) is 6.92 Å². The lowest BCUT2D eigenvalue weighted by atomic mass is 10.0. The van der Waals surface area contributed by atoms with E-state index in [0.717, 1.165) is 16.3 Å². The number of anilines is 1. The summed E-state index contributed by atoms with van der Waals surface area (Å²) in [6.45, 7) is 2.70. The number of hydrogen-bond donors (Lipinski definition) is 0. The van der Waals surface area contributed by atoms with Gasteiger partial charge in [-0.25, -0.2) is 9.48 Å². The van der Waals surface area contributed by atoms with E-state index in [1.165, 1.54) is 41.3 Å². The second-order valence-electron chi connectivity index (χ2n) is 8.12. The van der Waals surface area contributed by atoms with Crippen LogP contribution in [0.3, 0.4) is 0 Å². The number of aryl methyl sites for hydroxylation is 1. The van der Waals surface area contributed by atoms with E-state index < -0.39 is 5.69 Å². The third-order valence-corrected chi connectivity index (χ3v) is 7.08. The molecule has 0 radical (unpaired) electrons. The summed E-state index contributed by atoms with van der Waals surface area (Å²) < 4.78 is 8.16. The molecule has 2 aliphatic rings. The van der Waals surface area contributed by atoms with Crippen molar-refractivity contribution in [1.29, 1.82) is 0 Å². The van der Waals surface area contributed by atoms with E-state index in [0.29, 0.717) is 29.8 Å². The van der Waals surface area contributed by atoms with Gasteiger partial charge in [0.1, 0.15) is 23.9 Å². The van der Waals surface area contributed by atoms with Gasteiger partial charge in [0.05, 0.1) is 12.2 Å². The monoisotopic (exact) mass is 439 g/mol. The van der Waals surface area contributed by atoms with Crippen LogP contribution in [-0.2, 0) is 11.3 Å². The van der Waals surface area contributed by atoms with Crippen LogP contribution in [0.15, 0.2) is 40.2 Å². The van der Waals surface area contributed by atoms with Gasteiger partial charge in [-0.1, -0.05) is 25.3 Å². The second kappa shape index (κ2) is 8.37. The number of ether oxygens (including phenoxy) is 1. The third kappa shape index (κ3) is 4.06. The van der Waals surface area contributed by atoms with Gasteiger partial charge in [0.15, 0.2) is 5.65 Å². The minimum absolute atomic E-state index is 0.138. The van der Waals surface area contributed by atoms with Crippen molar-refractivity contribution in [3.05, 3.63) is 46.4 Å². The molecule has 0 bridgehead atoms. The Kier molecular flexibility index (Phi) is 5.43. The van der Waals surface area contributed by atoms with E-state index in [2.05, 4.69) is 10.2 Å². The highest BCUT2D eigenvalue weighted by molar-refractivity contribution is 7.99. The molecule has 3 heterocycles. The Hall–Kier alpha value is -2.81. The van der Waals surface area contributed by atoms with E-state index in [1.807, 2.05) is 31.2 Å².